The average molecular weight is 444 g/mol. The minimum atomic E-state index is -0.682. The van der Waals surface area contributed by atoms with Gasteiger partial charge in [-0.3, -0.25) is 0 Å². The number of fused-ring (bicyclic) bond motifs is 2. The van der Waals surface area contributed by atoms with E-state index in [2.05, 4.69) is 46.2 Å². The molecule has 0 spiro atoms. The summed E-state index contributed by atoms with van der Waals surface area (Å²) in [6.07, 6.45) is 6.25. The molecule has 0 heterocycles. The van der Waals surface area contributed by atoms with Crippen LogP contribution < -0.4 is 0 Å². The van der Waals surface area contributed by atoms with Crippen LogP contribution in [0.1, 0.15) is 25.7 Å². The Kier molecular flexibility index (Phi) is 3.83. The van der Waals surface area contributed by atoms with Crippen LogP contribution in [0.4, 0.5) is 0 Å². The van der Waals surface area contributed by atoms with Crippen LogP contribution in [0, 0.1) is 11.8 Å². The van der Waals surface area contributed by atoms with E-state index in [4.69, 9.17) is 0 Å². The van der Waals surface area contributed by atoms with Crippen molar-refractivity contribution in [3.8, 4) is 0 Å². The summed E-state index contributed by atoms with van der Waals surface area (Å²) in [6, 6.07) is 0. The van der Waals surface area contributed by atoms with Crippen LogP contribution in [-0.4, -0.2) is 60.8 Å². The Bertz CT molecular complexity index is 223. The molecule has 5 heteroatoms. The molecular formula is C7H13PSe4. The Morgan fingerprint density at radius 2 is 2.00 bits per heavy atom. The van der Waals surface area contributed by atoms with Crippen molar-refractivity contribution in [2.24, 2.45) is 11.8 Å². The predicted molar refractivity (Wildman–Crippen MR) is 61.9 cm³/mol. The molecule has 2 rings (SSSR count). The molecule has 2 aliphatic rings. The molecule has 12 heavy (non-hydrogen) atoms. The summed E-state index contributed by atoms with van der Waals surface area (Å²) in [6.45, 7) is 0. The Balaban J connectivity index is 1.95. The third kappa shape index (κ3) is 2.76. The quantitative estimate of drug-likeness (QED) is 0.440. The second-order valence-corrected chi connectivity index (χ2v) is 45.9. The van der Waals surface area contributed by atoms with E-state index in [9.17, 15) is 0 Å². The van der Waals surface area contributed by atoms with Crippen molar-refractivity contribution in [1.82, 2.24) is 0 Å². The first-order valence-corrected chi connectivity index (χ1v) is 16.4. The molecule has 2 aliphatic carbocycles. The number of rotatable bonds is 2. The molecule has 3 unspecified atom stereocenters. The molecule has 0 amide bonds. The fraction of sp³-hybridized carbons (Fsp3) is 1.00. The molecule has 0 aromatic carbocycles. The van der Waals surface area contributed by atoms with Gasteiger partial charge in [0.05, 0.1) is 0 Å². The molecule has 0 radical (unpaired) electrons. The van der Waals surface area contributed by atoms with Crippen molar-refractivity contribution in [2.45, 2.75) is 30.5 Å². The van der Waals surface area contributed by atoms with Crippen LogP contribution in [-0.2, 0) is 0 Å². The molecule has 2 bridgehead atoms. The molecule has 0 nitrogen and oxygen atoms in total. The maximum atomic E-state index is 3.39. The van der Waals surface area contributed by atoms with Gasteiger partial charge in [0.1, 0.15) is 0 Å². The van der Waals surface area contributed by atoms with Crippen LogP contribution in [0.25, 0.3) is 0 Å². The summed E-state index contributed by atoms with van der Waals surface area (Å²) in [4.78, 5) is 1.14. The topological polar surface area (TPSA) is 0 Å². The Hall–Kier alpha value is 2.51. The summed E-state index contributed by atoms with van der Waals surface area (Å²) in [5.74, 6) is 2.27. The van der Waals surface area contributed by atoms with Crippen molar-refractivity contribution in [2.75, 3.05) is 0 Å². The molecule has 2 fully saturated rings. The molecule has 0 saturated heterocycles. The third-order valence-electron chi connectivity index (χ3n) is 2.95. The zero-order valence-electron chi connectivity index (χ0n) is 6.72. The Morgan fingerprint density at radius 3 is 2.42 bits per heavy atom. The molecule has 0 aliphatic heterocycles. The summed E-state index contributed by atoms with van der Waals surface area (Å²) in [5, 5.41) is 0. The van der Waals surface area contributed by atoms with E-state index in [-0.39, 0.29) is 0 Å². The summed E-state index contributed by atoms with van der Waals surface area (Å²) in [5.41, 5.74) is 0. The van der Waals surface area contributed by atoms with E-state index < -0.39 is 1.58 Å². The first kappa shape index (κ1) is 11.0. The van der Waals surface area contributed by atoms with Gasteiger partial charge in [-0.25, -0.2) is 0 Å². The zero-order valence-corrected chi connectivity index (χ0v) is 14.8. The van der Waals surface area contributed by atoms with Crippen molar-refractivity contribution < 1.29 is 0 Å². The molecule has 70 valence electrons. The van der Waals surface area contributed by atoms with Crippen LogP contribution in [0.15, 0.2) is 0 Å². The van der Waals surface area contributed by atoms with Gasteiger partial charge >= 0.3 is 105 Å². The Labute approximate surface area is 104 Å². The zero-order chi connectivity index (χ0) is 8.77. The van der Waals surface area contributed by atoms with Gasteiger partial charge in [-0.1, -0.05) is 0 Å². The molecule has 0 N–H and O–H groups in total. The van der Waals surface area contributed by atoms with Gasteiger partial charge in [0.15, 0.2) is 0 Å². The van der Waals surface area contributed by atoms with Crippen LogP contribution in [0.5, 0.6) is 0 Å². The van der Waals surface area contributed by atoms with Crippen LogP contribution >= 0.6 is 1.58 Å². The van der Waals surface area contributed by atoms with Crippen molar-refractivity contribution in [3.63, 3.8) is 0 Å². The van der Waals surface area contributed by atoms with E-state index in [1.807, 2.05) is 0 Å². The third-order valence-corrected chi connectivity index (χ3v) is 17.1. The number of hydrogen-bond donors (Lipinski definition) is 0. The second-order valence-electron chi connectivity index (χ2n) is 3.81. The molecule has 0 aromatic heterocycles. The van der Waals surface area contributed by atoms with Gasteiger partial charge in [-0.15, -0.1) is 0 Å². The van der Waals surface area contributed by atoms with Gasteiger partial charge in [0, 0.05) is 0 Å². The van der Waals surface area contributed by atoms with Crippen molar-refractivity contribution >= 4 is 62.3 Å². The second kappa shape index (κ2) is 4.17. The number of hydrogen-bond acceptors (Lipinski definition) is 0. The molecule has 3 atom stereocenters. The normalized spacial score (nSPS) is 40.7. The van der Waals surface area contributed by atoms with Crippen LogP contribution in [0.2, 0.25) is 4.82 Å². The van der Waals surface area contributed by atoms with Gasteiger partial charge in [0.2, 0.25) is 0 Å². The van der Waals surface area contributed by atoms with E-state index >= 15 is 0 Å². The van der Waals surface area contributed by atoms with E-state index in [0.29, 0.717) is 0 Å². The summed E-state index contributed by atoms with van der Waals surface area (Å²) >= 11 is 10.1. The fourth-order valence-corrected chi connectivity index (χ4v) is 19.6. The van der Waals surface area contributed by atoms with Gasteiger partial charge in [-0.05, 0) is 0 Å². The molecule has 0 aromatic rings. The average Bonchev–Trinajstić information content (AvgIpc) is 2.42. The van der Waals surface area contributed by atoms with E-state index in [1.54, 1.807) is 25.7 Å². The predicted octanol–water partition coefficient (Wildman–Crippen LogP) is 0.947. The summed E-state index contributed by atoms with van der Waals surface area (Å²) in [7, 11) is 0. The first-order valence-electron chi connectivity index (χ1n) is 4.28. The van der Waals surface area contributed by atoms with Crippen molar-refractivity contribution in [1.29, 1.82) is 0 Å². The first-order chi connectivity index (χ1) is 5.54. The van der Waals surface area contributed by atoms with Gasteiger partial charge < -0.3 is 0 Å². The molecular weight excluding hydrogens is 431 g/mol. The standard InChI is InChI=1S/C7H13PSe4/c9-8(10,11)12-7-4-5-1-2-6(7)3-5/h5-7H,1-4H2,(H2,9,10,11). The minimum absolute atomic E-state index is 0.682. The van der Waals surface area contributed by atoms with Crippen LogP contribution in [0.3, 0.4) is 0 Å². The van der Waals surface area contributed by atoms with E-state index in [1.165, 1.54) is 0 Å². The van der Waals surface area contributed by atoms with Gasteiger partial charge in [-0.2, -0.15) is 0 Å². The SMILES string of the molecule is [Se]=P([SeH])([SeH])[Se]C1CC2CCC1C2. The monoisotopic (exact) mass is 448 g/mol. The van der Waals surface area contributed by atoms with Gasteiger partial charge in [0.25, 0.3) is 0 Å². The summed E-state index contributed by atoms with van der Waals surface area (Å²) < 4.78 is -0.682. The maximum absolute atomic E-state index is 3.39. The van der Waals surface area contributed by atoms with Crippen molar-refractivity contribution in [3.05, 3.63) is 0 Å². The van der Waals surface area contributed by atoms with E-state index in [0.717, 1.165) is 31.2 Å². The Morgan fingerprint density at radius 1 is 1.25 bits per heavy atom. The molecule has 2 saturated carbocycles. The fourth-order valence-electron chi connectivity index (χ4n) is 2.49.